The fourth-order valence-corrected chi connectivity index (χ4v) is 1.93. The molecule has 1 heterocycles. The van der Waals surface area contributed by atoms with E-state index < -0.39 is 0 Å². The highest BCUT2D eigenvalue weighted by atomic mass is 32.1. The Labute approximate surface area is 123 Å². The minimum Gasteiger partial charge on any atom is -0.438 e. The largest absolute Gasteiger partial charge is 0.438 e. The average molecular weight is 288 g/mol. The number of methoxy groups -OCH3 is 1. The molecule has 5 heteroatoms. The van der Waals surface area contributed by atoms with Gasteiger partial charge in [-0.2, -0.15) is 0 Å². The summed E-state index contributed by atoms with van der Waals surface area (Å²) in [5, 5.41) is 0. The number of pyridine rings is 1. The third-order valence-electron chi connectivity index (χ3n) is 2.69. The van der Waals surface area contributed by atoms with Gasteiger partial charge in [-0.3, -0.25) is 0 Å². The number of hydrogen-bond donors (Lipinski definition) is 1. The van der Waals surface area contributed by atoms with Gasteiger partial charge in [-0.25, -0.2) is 4.98 Å². The summed E-state index contributed by atoms with van der Waals surface area (Å²) in [6.45, 7) is 2.41. The third kappa shape index (κ3) is 3.53. The quantitative estimate of drug-likeness (QED) is 0.857. The Morgan fingerprint density at radius 1 is 1.30 bits per heavy atom. The Morgan fingerprint density at radius 3 is 2.80 bits per heavy atom. The molecular weight excluding hydrogens is 272 g/mol. The molecule has 2 aromatic rings. The first kappa shape index (κ1) is 14.4. The molecule has 0 atom stereocenters. The van der Waals surface area contributed by atoms with Crippen molar-refractivity contribution in [3.63, 3.8) is 0 Å². The van der Waals surface area contributed by atoms with E-state index in [1.165, 1.54) is 0 Å². The van der Waals surface area contributed by atoms with Crippen molar-refractivity contribution in [2.24, 2.45) is 5.73 Å². The van der Waals surface area contributed by atoms with E-state index in [4.69, 9.17) is 27.4 Å². The number of benzene rings is 1. The van der Waals surface area contributed by atoms with Gasteiger partial charge < -0.3 is 15.2 Å². The predicted molar refractivity (Wildman–Crippen MR) is 82.1 cm³/mol. The van der Waals surface area contributed by atoms with Gasteiger partial charge in [0, 0.05) is 12.8 Å². The van der Waals surface area contributed by atoms with Crippen LogP contribution < -0.4 is 10.5 Å². The topological polar surface area (TPSA) is 57.4 Å². The van der Waals surface area contributed by atoms with Crippen LogP contribution in [0.15, 0.2) is 36.4 Å². The maximum Gasteiger partial charge on any atom is 0.229 e. The Kier molecular flexibility index (Phi) is 4.65. The molecule has 0 aliphatic heterocycles. The molecule has 104 valence electrons. The number of nitrogens with zero attached hydrogens (tertiary/aromatic N) is 1. The molecule has 0 saturated carbocycles. The van der Waals surface area contributed by atoms with Crippen molar-refractivity contribution in [3.8, 4) is 11.6 Å². The Hall–Kier alpha value is -1.98. The zero-order chi connectivity index (χ0) is 14.5. The molecule has 0 aliphatic rings. The molecule has 0 saturated heterocycles. The number of nitrogens with two attached hydrogens (primary N) is 1. The fourth-order valence-electron chi connectivity index (χ4n) is 1.78. The van der Waals surface area contributed by atoms with E-state index in [2.05, 4.69) is 4.98 Å². The predicted octanol–water partition coefficient (Wildman–Crippen LogP) is 2.96. The van der Waals surface area contributed by atoms with E-state index in [1.807, 2.05) is 43.3 Å². The van der Waals surface area contributed by atoms with Crippen LogP contribution in [0, 0.1) is 6.92 Å². The summed E-state index contributed by atoms with van der Waals surface area (Å²) >= 11 is 5.01. The number of thiocarbonyl (C=S) groups is 1. The zero-order valence-corrected chi connectivity index (χ0v) is 12.2. The first-order valence-corrected chi connectivity index (χ1v) is 6.54. The lowest BCUT2D eigenvalue weighted by Gasteiger charge is -2.11. The third-order valence-corrected chi connectivity index (χ3v) is 2.91. The molecule has 0 spiro atoms. The van der Waals surface area contributed by atoms with Crippen molar-refractivity contribution in [1.82, 2.24) is 4.98 Å². The van der Waals surface area contributed by atoms with Crippen molar-refractivity contribution >= 4 is 17.2 Å². The second kappa shape index (κ2) is 6.45. The minimum atomic E-state index is 0.264. The first-order chi connectivity index (χ1) is 9.60. The summed E-state index contributed by atoms with van der Waals surface area (Å²) in [5.74, 6) is 1.10. The summed E-state index contributed by atoms with van der Waals surface area (Å²) in [6, 6.07) is 11.3. The lowest BCUT2D eigenvalue weighted by atomic mass is 10.2. The average Bonchev–Trinajstić information content (AvgIpc) is 2.39. The maximum atomic E-state index is 5.80. The van der Waals surface area contributed by atoms with E-state index in [0.717, 1.165) is 11.3 Å². The monoisotopic (exact) mass is 288 g/mol. The van der Waals surface area contributed by atoms with Gasteiger partial charge in [-0.05, 0) is 36.8 Å². The lowest BCUT2D eigenvalue weighted by molar-refractivity contribution is 0.184. The second-order valence-electron chi connectivity index (χ2n) is 4.35. The zero-order valence-electron chi connectivity index (χ0n) is 11.4. The summed E-state index contributed by atoms with van der Waals surface area (Å²) in [7, 11) is 1.65. The normalized spacial score (nSPS) is 10.3. The van der Waals surface area contributed by atoms with Crippen LogP contribution in [0.4, 0.5) is 0 Å². The molecule has 20 heavy (non-hydrogen) atoms. The van der Waals surface area contributed by atoms with Crippen LogP contribution in [-0.2, 0) is 11.3 Å². The van der Waals surface area contributed by atoms with E-state index in [9.17, 15) is 0 Å². The molecule has 2 rings (SSSR count). The van der Waals surface area contributed by atoms with Crippen LogP contribution in [0.25, 0.3) is 0 Å². The van der Waals surface area contributed by atoms with Gasteiger partial charge in [0.1, 0.15) is 10.7 Å². The highest BCUT2D eigenvalue weighted by Gasteiger charge is 2.10. The number of aromatic nitrogens is 1. The molecule has 0 aliphatic carbocycles. The van der Waals surface area contributed by atoms with Crippen LogP contribution in [0.5, 0.6) is 11.6 Å². The summed E-state index contributed by atoms with van der Waals surface area (Å²) in [4.78, 5) is 4.61. The van der Waals surface area contributed by atoms with E-state index >= 15 is 0 Å². The number of aryl methyl sites for hydroxylation is 1. The van der Waals surface area contributed by atoms with Crippen molar-refractivity contribution in [3.05, 3.63) is 53.2 Å². The van der Waals surface area contributed by atoms with Gasteiger partial charge in [0.2, 0.25) is 5.88 Å². The highest BCUT2D eigenvalue weighted by Crippen LogP contribution is 2.24. The summed E-state index contributed by atoms with van der Waals surface area (Å²) in [6.07, 6.45) is 0. The molecule has 0 amide bonds. The molecule has 2 N–H and O–H groups in total. The van der Waals surface area contributed by atoms with Crippen LogP contribution in [0.2, 0.25) is 0 Å². The summed E-state index contributed by atoms with van der Waals surface area (Å²) < 4.78 is 10.9. The maximum absolute atomic E-state index is 5.80. The fraction of sp³-hybridized carbons (Fsp3) is 0.200. The van der Waals surface area contributed by atoms with E-state index in [1.54, 1.807) is 7.11 Å². The number of hydrogen-bond acceptors (Lipinski definition) is 4. The van der Waals surface area contributed by atoms with Crippen molar-refractivity contribution in [2.75, 3.05) is 7.11 Å². The molecule has 1 aromatic carbocycles. The Balaban J connectivity index is 2.31. The van der Waals surface area contributed by atoms with Crippen LogP contribution in [-0.4, -0.2) is 17.1 Å². The van der Waals surface area contributed by atoms with Crippen LogP contribution >= 0.6 is 12.2 Å². The summed E-state index contributed by atoms with van der Waals surface area (Å²) in [5.41, 5.74) is 8.18. The van der Waals surface area contributed by atoms with Gasteiger partial charge in [-0.15, -0.1) is 0 Å². The molecular formula is C15H16N2O2S. The first-order valence-electron chi connectivity index (χ1n) is 6.13. The number of ether oxygens (including phenoxy) is 2. The molecule has 0 fully saturated rings. The van der Waals surface area contributed by atoms with Gasteiger partial charge in [0.05, 0.1) is 12.2 Å². The molecule has 0 bridgehead atoms. The minimum absolute atomic E-state index is 0.264. The molecule has 0 radical (unpaired) electrons. The van der Waals surface area contributed by atoms with Crippen molar-refractivity contribution < 1.29 is 9.47 Å². The highest BCUT2D eigenvalue weighted by molar-refractivity contribution is 7.80. The van der Waals surface area contributed by atoms with Crippen molar-refractivity contribution in [2.45, 2.75) is 13.5 Å². The van der Waals surface area contributed by atoms with E-state index in [0.29, 0.717) is 23.8 Å². The van der Waals surface area contributed by atoms with Gasteiger partial charge in [0.15, 0.2) is 0 Å². The number of rotatable bonds is 5. The van der Waals surface area contributed by atoms with Gasteiger partial charge in [-0.1, -0.05) is 24.4 Å². The Morgan fingerprint density at radius 2 is 2.10 bits per heavy atom. The van der Waals surface area contributed by atoms with E-state index in [-0.39, 0.29) is 4.99 Å². The second-order valence-corrected chi connectivity index (χ2v) is 4.79. The molecule has 1 aromatic heterocycles. The molecule has 4 nitrogen and oxygen atoms in total. The standard InChI is InChI=1S/C15H16N2O2S/c1-10-6-7-13(14(16)20)15(17-10)19-12-5-3-4-11(8-12)9-18-2/h3-8H,9H2,1-2H3,(H2,16,20). The van der Waals surface area contributed by atoms with Gasteiger partial charge in [0.25, 0.3) is 0 Å². The van der Waals surface area contributed by atoms with Gasteiger partial charge >= 0.3 is 0 Å². The molecule has 0 unspecified atom stereocenters. The SMILES string of the molecule is COCc1cccc(Oc2nc(C)ccc2C(N)=S)c1. The van der Waals surface area contributed by atoms with Crippen molar-refractivity contribution in [1.29, 1.82) is 0 Å². The lowest BCUT2D eigenvalue weighted by Crippen LogP contribution is -2.12. The van der Waals surface area contributed by atoms with Crippen LogP contribution in [0.1, 0.15) is 16.8 Å². The van der Waals surface area contributed by atoms with Crippen LogP contribution in [0.3, 0.4) is 0 Å². The smallest absolute Gasteiger partial charge is 0.229 e. The Bertz CT molecular complexity index is 629.